The first kappa shape index (κ1) is 31.5. The number of ether oxygens (including phenoxy) is 2. The van der Waals surface area contributed by atoms with Gasteiger partial charge in [-0.05, 0) is 104 Å². The number of nitrogens with zero attached hydrogens (tertiary/aromatic N) is 1. The molecular formula is C47H44N2O4. The van der Waals surface area contributed by atoms with Crippen molar-refractivity contribution in [2.24, 2.45) is 22.6 Å². The van der Waals surface area contributed by atoms with Gasteiger partial charge in [-0.15, -0.1) is 0 Å². The van der Waals surface area contributed by atoms with Crippen molar-refractivity contribution in [2.45, 2.75) is 81.8 Å². The van der Waals surface area contributed by atoms with Gasteiger partial charge in [-0.3, -0.25) is 4.99 Å². The summed E-state index contributed by atoms with van der Waals surface area (Å²) in [5.74, 6) is 5.83. The molecule has 7 aliphatic rings. The maximum atomic E-state index is 7.22. The monoisotopic (exact) mass is 700 g/mol. The van der Waals surface area contributed by atoms with Crippen LogP contribution >= 0.6 is 0 Å². The van der Waals surface area contributed by atoms with Crippen molar-refractivity contribution in [1.29, 1.82) is 0 Å². The van der Waals surface area contributed by atoms with Crippen LogP contribution in [0.25, 0.3) is 22.6 Å². The average Bonchev–Trinajstić information content (AvgIpc) is 3.74. The highest BCUT2D eigenvalue weighted by atomic mass is 16.5. The third-order valence-corrected chi connectivity index (χ3v) is 13.3. The minimum Gasteiger partial charge on any atom is -0.461 e. The molecule has 4 aliphatic carbocycles. The highest BCUT2D eigenvalue weighted by Crippen LogP contribution is 2.64. The van der Waals surface area contributed by atoms with Gasteiger partial charge in [0.1, 0.15) is 34.4 Å². The number of hydrogen-bond acceptors (Lipinski definition) is 6. The fourth-order valence-corrected chi connectivity index (χ4v) is 11.3. The summed E-state index contributed by atoms with van der Waals surface area (Å²) in [6, 6.07) is 15.4. The second-order valence-corrected chi connectivity index (χ2v) is 15.8. The van der Waals surface area contributed by atoms with E-state index in [-0.39, 0.29) is 23.5 Å². The number of hydrogen-bond donors (Lipinski definition) is 1. The first-order valence-electron chi connectivity index (χ1n) is 19.6. The molecule has 6 unspecified atom stereocenters. The standard InChI is InChI=1S/C47H44N2O4/c1-27-30(20-22-48)45-31(8-6-14-40(45)50-27)28-16-18-36-42(24-28)51-38-12-4-2-10-34(38)47(36)35-11-3-5-13-39(35)52-43-25-29(17-19-37(43)47)32-9-7-15-41-46(32)33-21-23-49-26-44(33)53-41/h2,4-6,8-10,12-14,17,19-20,22,25-26,28,35,37,39,43H,3,7,11,15-16,18,21,23-24,48H2,1H3/b22-20-. The van der Waals surface area contributed by atoms with E-state index < -0.39 is 0 Å². The van der Waals surface area contributed by atoms with E-state index in [2.05, 4.69) is 83.9 Å². The van der Waals surface area contributed by atoms with Gasteiger partial charge in [-0.1, -0.05) is 60.7 Å². The smallest absolute Gasteiger partial charge is 0.148 e. The number of allylic oxidation sites excluding steroid dienone is 7. The topological polar surface area (TPSA) is 83.1 Å². The second kappa shape index (κ2) is 12.0. The molecule has 2 N–H and O–H groups in total. The number of rotatable bonds is 3. The largest absolute Gasteiger partial charge is 0.461 e. The van der Waals surface area contributed by atoms with E-state index in [9.17, 15) is 0 Å². The van der Waals surface area contributed by atoms with Gasteiger partial charge in [-0.2, -0.15) is 0 Å². The summed E-state index contributed by atoms with van der Waals surface area (Å²) in [5, 5.41) is 1.18. The van der Waals surface area contributed by atoms with Crippen LogP contribution in [0.4, 0.5) is 0 Å². The van der Waals surface area contributed by atoms with E-state index in [1.54, 1.807) is 6.20 Å². The molecule has 3 aliphatic heterocycles. The lowest BCUT2D eigenvalue weighted by Gasteiger charge is -2.59. The SMILES string of the molecule is Cc1oc2cccc(C3CCC4=C(C3)Oc3ccccc3C43C4C=CC(C5=CCCc6oc7c(c65)CCN=C7)=CC4OC4C=CCCC43)c2c1/C=C\N. The maximum absolute atomic E-state index is 7.22. The zero-order valence-electron chi connectivity index (χ0n) is 30.1. The molecule has 1 fully saturated rings. The van der Waals surface area contributed by atoms with Gasteiger partial charge < -0.3 is 24.0 Å². The molecule has 4 aromatic rings. The predicted molar refractivity (Wildman–Crippen MR) is 209 cm³/mol. The Morgan fingerprint density at radius 1 is 0.962 bits per heavy atom. The van der Waals surface area contributed by atoms with Crippen molar-refractivity contribution in [2.75, 3.05) is 6.54 Å². The lowest BCUT2D eigenvalue weighted by molar-refractivity contribution is -0.106. The minimum atomic E-state index is -0.241. The lowest BCUT2D eigenvalue weighted by atomic mass is 9.49. The van der Waals surface area contributed by atoms with Gasteiger partial charge in [-0.25, -0.2) is 0 Å². The lowest BCUT2D eigenvalue weighted by Crippen LogP contribution is -2.60. The van der Waals surface area contributed by atoms with Gasteiger partial charge in [0.15, 0.2) is 0 Å². The Labute approximate surface area is 310 Å². The van der Waals surface area contributed by atoms with Crippen LogP contribution in [0.2, 0.25) is 0 Å². The highest BCUT2D eigenvalue weighted by molar-refractivity contribution is 5.92. The van der Waals surface area contributed by atoms with E-state index in [0.717, 1.165) is 97.8 Å². The number of furan rings is 2. The number of nitrogens with two attached hydrogens (primary N) is 1. The first-order valence-corrected chi connectivity index (χ1v) is 19.6. The summed E-state index contributed by atoms with van der Waals surface area (Å²) in [5.41, 5.74) is 17.0. The third-order valence-electron chi connectivity index (χ3n) is 13.3. The molecule has 6 atom stereocenters. The van der Waals surface area contributed by atoms with Crippen LogP contribution in [-0.4, -0.2) is 25.0 Å². The fourth-order valence-electron chi connectivity index (χ4n) is 11.3. The molecule has 1 saturated heterocycles. The maximum Gasteiger partial charge on any atom is 0.148 e. The van der Waals surface area contributed by atoms with Crippen LogP contribution in [0.15, 0.2) is 116 Å². The van der Waals surface area contributed by atoms with Gasteiger partial charge in [0.25, 0.3) is 0 Å². The molecule has 6 nitrogen and oxygen atoms in total. The summed E-state index contributed by atoms with van der Waals surface area (Å²) in [6.07, 6.45) is 27.8. The number of para-hydroxylation sites is 1. The van der Waals surface area contributed by atoms with Crippen LogP contribution in [0, 0.1) is 18.8 Å². The molecule has 0 radical (unpaired) electrons. The van der Waals surface area contributed by atoms with Crippen LogP contribution < -0.4 is 10.5 Å². The summed E-state index contributed by atoms with van der Waals surface area (Å²) < 4.78 is 26.9. The Bertz CT molecular complexity index is 2410. The van der Waals surface area contributed by atoms with Crippen molar-refractivity contribution in [3.8, 4) is 5.75 Å². The van der Waals surface area contributed by atoms with Gasteiger partial charge in [0.2, 0.25) is 0 Å². The van der Waals surface area contributed by atoms with Crippen molar-refractivity contribution in [1.82, 2.24) is 0 Å². The van der Waals surface area contributed by atoms with E-state index in [1.807, 2.05) is 19.2 Å². The molecule has 0 amide bonds. The fraction of sp³-hybridized carbons (Fsp3) is 0.340. The molecular weight excluding hydrogens is 657 g/mol. The molecule has 6 heteroatoms. The molecule has 11 rings (SSSR count). The van der Waals surface area contributed by atoms with E-state index in [4.69, 9.17) is 24.0 Å². The predicted octanol–water partition coefficient (Wildman–Crippen LogP) is 9.97. The summed E-state index contributed by atoms with van der Waals surface area (Å²) >= 11 is 0. The number of benzene rings is 2. The van der Waals surface area contributed by atoms with Crippen LogP contribution in [0.5, 0.6) is 5.75 Å². The van der Waals surface area contributed by atoms with Crippen molar-refractivity contribution >= 4 is 28.8 Å². The van der Waals surface area contributed by atoms with Gasteiger partial charge in [0.05, 0.1) is 18.4 Å². The van der Waals surface area contributed by atoms with E-state index in [1.165, 1.54) is 44.4 Å². The Kier molecular flexibility index (Phi) is 7.11. The number of aryl methyl sites for hydroxylation is 2. The minimum absolute atomic E-state index is 0.0219. The van der Waals surface area contributed by atoms with Crippen molar-refractivity contribution in [3.63, 3.8) is 0 Å². The first-order chi connectivity index (χ1) is 26.1. The van der Waals surface area contributed by atoms with Crippen LogP contribution in [-0.2, 0) is 23.0 Å². The van der Waals surface area contributed by atoms with Crippen LogP contribution in [0.3, 0.4) is 0 Å². The van der Waals surface area contributed by atoms with E-state index in [0.29, 0.717) is 11.8 Å². The Morgan fingerprint density at radius 3 is 2.85 bits per heavy atom. The van der Waals surface area contributed by atoms with E-state index >= 15 is 0 Å². The summed E-state index contributed by atoms with van der Waals surface area (Å²) in [4.78, 5) is 4.52. The highest BCUT2D eigenvalue weighted by Gasteiger charge is 2.61. The second-order valence-electron chi connectivity index (χ2n) is 15.8. The summed E-state index contributed by atoms with van der Waals surface area (Å²) in [7, 11) is 0. The molecule has 0 bridgehead atoms. The quantitative estimate of drug-likeness (QED) is 0.215. The van der Waals surface area contributed by atoms with Crippen LogP contribution in [0.1, 0.15) is 89.5 Å². The molecule has 266 valence electrons. The molecule has 0 saturated carbocycles. The zero-order valence-corrected chi connectivity index (χ0v) is 30.1. The van der Waals surface area contributed by atoms with Crippen molar-refractivity contribution in [3.05, 3.63) is 147 Å². The Hall–Kier alpha value is -5.07. The number of fused-ring (bicyclic) bond motifs is 11. The molecule has 5 heterocycles. The molecule has 2 aromatic heterocycles. The average molecular weight is 701 g/mol. The Balaban J connectivity index is 1.04. The zero-order chi connectivity index (χ0) is 35.3. The summed E-state index contributed by atoms with van der Waals surface area (Å²) in [6.45, 7) is 2.84. The van der Waals surface area contributed by atoms with Crippen molar-refractivity contribution < 1.29 is 18.3 Å². The van der Waals surface area contributed by atoms with Gasteiger partial charge in [0, 0.05) is 64.3 Å². The van der Waals surface area contributed by atoms with Gasteiger partial charge >= 0.3 is 0 Å². The number of aliphatic imine (C=N–C) groups is 1. The molecule has 53 heavy (non-hydrogen) atoms. The Morgan fingerprint density at radius 2 is 1.91 bits per heavy atom. The normalized spacial score (nSPS) is 29.6. The third kappa shape index (κ3) is 4.51. The molecule has 1 spiro atoms. The molecule has 2 aromatic carbocycles.